The average molecular weight is 430 g/mol. The zero-order valence-corrected chi connectivity index (χ0v) is 16.1. The molecule has 0 heterocycles. The number of carbonyl (C=O) groups is 1. The van der Waals surface area contributed by atoms with Crippen molar-refractivity contribution in [3.8, 4) is 5.75 Å². The van der Waals surface area contributed by atoms with E-state index in [0.29, 0.717) is 22.8 Å². The van der Waals surface area contributed by atoms with Crippen LogP contribution in [0, 0.1) is 15.9 Å². The van der Waals surface area contributed by atoms with Gasteiger partial charge in [-0.15, -0.1) is 8.78 Å². The Balaban J connectivity index is 1.80. The molecular formula is C22H17F3N2O4. The van der Waals surface area contributed by atoms with Crippen LogP contribution >= 0.6 is 0 Å². The SMILES string of the molecule is O=C(N(Cc1ccc(OCc2ccccc2)cc1)c1ccccc1F)C(F)(F)[N+](=O)[O-]. The molecule has 1 amide bonds. The predicted octanol–water partition coefficient (Wildman–Crippen LogP) is 4.81. The number of nitrogens with zero attached hydrogens (tertiary/aromatic N) is 2. The van der Waals surface area contributed by atoms with Crippen molar-refractivity contribution >= 4 is 11.6 Å². The van der Waals surface area contributed by atoms with Gasteiger partial charge in [-0.2, -0.15) is 0 Å². The third-order valence-corrected chi connectivity index (χ3v) is 4.39. The van der Waals surface area contributed by atoms with Crippen LogP contribution in [0.2, 0.25) is 0 Å². The Bertz CT molecular complexity index is 1060. The minimum Gasteiger partial charge on any atom is -0.489 e. The monoisotopic (exact) mass is 430 g/mol. The van der Waals surface area contributed by atoms with Crippen molar-refractivity contribution in [1.29, 1.82) is 0 Å². The minimum atomic E-state index is -4.90. The lowest BCUT2D eigenvalue weighted by atomic mass is 10.1. The lowest BCUT2D eigenvalue weighted by Crippen LogP contribution is -2.48. The van der Waals surface area contributed by atoms with E-state index in [1.165, 1.54) is 24.3 Å². The smallest absolute Gasteiger partial charge is 0.489 e. The molecule has 0 N–H and O–H groups in total. The summed E-state index contributed by atoms with van der Waals surface area (Å²) in [4.78, 5) is 21.3. The molecule has 0 aromatic heterocycles. The van der Waals surface area contributed by atoms with E-state index in [-0.39, 0.29) is 0 Å². The van der Waals surface area contributed by atoms with Crippen molar-refractivity contribution in [2.75, 3.05) is 4.90 Å². The van der Waals surface area contributed by atoms with Crippen LogP contribution in [-0.4, -0.2) is 16.9 Å². The molecule has 160 valence electrons. The van der Waals surface area contributed by atoms with Crippen LogP contribution in [0.25, 0.3) is 0 Å². The van der Waals surface area contributed by atoms with Crippen LogP contribution in [0.5, 0.6) is 5.75 Å². The Morgan fingerprint density at radius 2 is 1.55 bits per heavy atom. The van der Waals surface area contributed by atoms with Gasteiger partial charge in [0.1, 0.15) is 23.1 Å². The fraction of sp³-hybridized carbons (Fsp3) is 0.136. The summed E-state index contributed by atoms with van der Waals surface area (Å²) in [6, 6.07) is 15.4. The van der Waals surface area contributed by atoms with E-state index in [2.05, 4.69) is 0 Å². The fourth-order valence-corrected chi connectivity index (χ4v) is 2.79. The van der Waals surface area contributed by atoms with Crippen molar-refractivity contribution in [1.82, 2.24) is 0 Å². The molecule has 0 saturated heterocycles. The van der Waals surface area contributed by atoms with Crippen LogP contribution in [0.4, 0.5) is 18.9 Å². The van der Waals surface area contributed by atoms with Crippen molar-refractivity contribution < 1.29 is 27.6 Å². The van der Waals surface area contributed by atoms with Crippen LogP contribution in [0.3, 0.4) is 0 Å². The molecule has 3 aromatic carbocycles. The normalized spacial score (nSPS) is 11.1. The van der Waals surface area contributed by atoms with Gasteiger partial charge < -0.3 is 4.74 Å². The number of carbonyl (C=O) groups excluding carboxylic acids is 1. The van der Waals surface area contributed by atoms with E-state index >= 15 is 0 Å². The maximum absolute atomic E-state index is 14.2. The summed E-state index contributed by atoms with van der Waals surface area (Å²) in [7, 11) is 0. The number of rotatable bonds is 8. The third kappa shape index (κ3) is 5.19. The van der Waals surface area contributed by atoms with Crippen molar-refractivity contribution in [3.63, 3.8) is 0 Å². The van der Waals surface area contributed by atoms with Crippen LogP contribution in [0.15, 0.2) is 78.9 Å². The lowest BCUT2D eigenvalue weighted by Gasteiger charge is -2.24. The van der Waals surface area contributed by atoms with Gasteiger partial charge >= 0.3 is 12.0 Å². The average Bonchev–Trinajstić information content (AvgIpc) is 2.77. The number of ether oxygens (including phenoxy) is 1. The molecule has 0 aliphatic heterocycles. The standard InChI is InChI=1S/C22H17F3N2O4/c23-19-8-4-5-9-20(19)26(21(28)22(24,25)27(29)30)14-16-10-12-18(13-11-16)31-15-17-6-2-1-3-7-17/h1-13H,14-15H2. The first-order valence-electron chi connectivity index (χ1n) is 9.13. The van der Waals surface area contributed by atoms with Gasteiger partial charge in [0.05, 0.1) is 12.2 Å². The molecule has 0 saturated carbocycles. The highest BCUT2D eigenvalue weighted by atomic mass is 19.3. The van der Waals surface area contributed by atoms with Gasteiger partial charge in [-0.25, -0.2) is 4.39 Å². The summed E-state index contributed by atoms with van der Waals surface area (Å²) in [5.74, 6) is -2.60. The van der Waals surface area contributed by atoms with E-state index in [1.807, 2.05) is 30.3 Å². The predicted molar refractivity (Wildman–Crippen MR) is 107 cm³/mol. The highest BCUT2D eigenvalue weighted by molar-refractivity contribution is 5.97. The van der Waals surface area contributed by atoms with Crippen molar-refractivity contribution in [3.05, 3.63) is 106 Å². The van der Waals surface area contributed by atoms with Gasteiger partial charge in [0.25, 0.3) is 0 Å². The Morgan fingerprint density at radius 1 is 0.935 bits per heavy atom. The molecule has 0 radical (unpaired) electrons. The maximum atomic E-state index is 14.2. The third-order valence-electron chi connectivity index (χ3n) is 4.39. The first-order valence-corrected chi connectivity index (χ1v) is 9.13. The molecular weight excluding hydrogens is 413 g/mol. The number of anilines is 1. The molecule has 0 aliphatic carbocycles. The molecule has 0 unspecified atom stereocenters. The van der Waals surface area contributed by atoms with Gasteiger partial charge in [0.2, 0.25) is 0 Å². The van der Waals surface area contributed by atoms with E-state index in [1.54, 1.807) is 12.1 Å². The first-order chi connectivity index (χ1) is 14.8. The second kappa shape index (κ2) is 9.29. The topological polar surface area (TPSA) is 72.7 Å². The molecule has 0 bridgehead atoms. The summed E-state index contributed by atoms with van der Waals surface area (Å²) >= 11 is 0. The number of amides is 1. The zero-order valence-electron chi connectivity index (χ0n) is 16.1. The summed E-state index contributed by atoms with van der Waals surface area (Å²) in [6.07, 6.45) is 0. The zero-order chi connectivity index (χ0) is 22.4. The van der Waals surface area contributed by atoms with Gasteiger partial charge in [0, 0.05) is 0 Å². The summed E-state index contributed by atoms with van der Waals surface area (Å²) in [5.41, 5.74) is 0.811. The molecule has 0 fully saturated rings. The molecule has 6 nitrogen and oxygen atoms in total. The van der Waals surface area contributed by atoms with Crippen LogP contribution < -0.4 is 9.64 Å². The van der Waals surface area contributed by atoms with Crippen LogP contribution in [0.1, 0.15) is 11.1 Å². The van der Waals surface area contributed by atoms with Gasteiger partial charge in [-0.05, 0) is 35.4 Å². The molecule has 3 aromatic rings. The Morgan fingerprint density at radius 3 is 2.16 bits per heavy atom. The van der Waals surface area contributed by atoms with Gasteiger partial charge in [-0.3, -0.25) is 19.8 Å². The number of para-hydroxylation sites is 1. The number of hydrogen-bond acceptors (Lipinski definition) is 4. The van der Waals surface area contributed by atoms with Crippen molar-refractivity contribution in [2.24, 2.45) is 0 Å². The van der Waals surface area contributed by atoms with E-state index in [9.17, 15) is 28.1 Å². The second-order valence-corrected chi connectivity index (χ2v) is 6.56. The number of benzene rings is 3. The Hall–Kier alpha value is -3.88. The molecule has 31 heavy (non-hydrogen) atoms. The lowest BCUT2D eigenvalue weighted by molar-refractivity contribution is -0.621. The Kier molecular flexibility index (Phi) is 6.54. The summed E-state index contributed by atoms with van der Waals surface area (Å²) < 4.78 is 47.4. The van der Waals surface area contributed by atoms with Crippen LogP contribution in [-0.2, 0) is 17.9 Å². The van der Waals surface area contributed by atoms with Gasteiger partial charge in [-0.1, -0.05) is 54.6 Å². The molecule has 9 heteroatoms. The minimum absolute atomic E-state index is 0.315. The van der Waals surface area contributed by atoms with E-state index < -0.39 is 34.9 Å². The van der Waals surface area contributed by atoms with Gasteiger partial charge in [0.15, 0.2) is 0 Å². The van der Waals surface area contributed by atoms with Crippen molar-refractivity contribution in [2.45, 2.75) is 19.2 Å². The largest absolute Gasteiger partial charge is 0.594 e. The Labute approximate surface area is 175 Å². The maximum Gasteiger partial charge on any atom is 0.594 e. The number of hydrogen-bond donors (Lipinski definition) is 0. The van der Waals surface area contributed by atoms with E-state index in [4.69, 9.17) is 4.74 Å². The molecule has 3 rings (SSSR count). The summed E-state index contributed by atoms with van der Waals surface area (Å²) in [5, 5.41) is 10.7. The molecule has 0 spiro atoms. The number of nitro groups is 1. The first kappa shape index (κ1) is 21.8. The summed E-state index contributed by atoms with van der Waals surface area (Å²) in [6.45, 7) is -0.183. The fourth-order valence-electron chi connectivity index (χ4n) is 2.79. The number of alkyl halides is 2. The molecule has 0 atom stereocenters. The van der Waals surface area contributed by atoms with E-state index in [0.717, 1.165) is 17.7 Å². The molecule has 0 aliphatic rings. The highest BCUT2D eigenvalue weighted by Crippen LogP contribution is 2.27. The number of halogens is 3. The second-order valence-electron chi connectivity index (χ2n) is 6.56. The quantitative estimate of drug-likeness (QED) is 0.292. The highest BCUT2D eigenvalue weighted by Gasteiger charge is 2.56.